The van der Waals surface area contributed by atoms with Crippen molar-refractivity contribution < 1.29 is 9.59 Å². The summed E-state index contributed by atoms with van der Waals surface area (Å²) in [7, 11) is 2.07. The molecule has 0 aliphatic carbocycles. The molecule has 2 heterocycles. The first-order valence-corrected chi connectivity index (χ1v) is 7.92. The molecule has 2 aliphatic rings. The zero-order valence-electron chi connectivity index (χ0n) is 13.2. The molecule has 2 aliphatic heterocycles. The molecule has 0 aromatic heterocycles. The van der Waals surface area contributed by atoms with Crippen LogP contribution in [-0.4, -0.2) is 42.9 Å². The van der Waals surface area contributed by atoms with Gasteiger partial charge in [0.05, 0.1) is 5.92 Å². The molecule has 0 spiro atoms. The minimum absolute atomic E-state index is 0.0537. The number of nitrogens with one attached hydrogen (secondary N) is 1. The number of amides is 2. The van der Waals surface area contributed by atoms with E-state index in [0.29, 0.717) is 25.9 Å². The molecule has 1 N–H and O–H groups in total. The fourth-order valence-corrected chi connectivity index (χ4v) is 3.42. The number of hydrogen-bond donors (Lipinski definition) is 1. The number of rotatable bonds is 1. The highest BCUT2D eigenvalue weighted by molar-refractivity contribution is 5.84. The van der Waals surface area contributed by atoms with Crippen molar-refractivity contribution in [3.63, 3.8) is 0 Å². The zero-order valence-corrected chi connectivity index (χ0v) is 13.2. The molecular formula is C17H23N3O2. The lowest BCUT2D eigenvalue weighted by Crippen LogP contribution is -2.48. The van der Waals surface area contributed by atoms with Crippen molar-refractivity contribution in [1.82, 2.24) is 10.2 Å². The van der Waals surface area contributed by atoms with E-state index in [0.717, 1.165) is 6.54 Å². The molecule has 0 unspecified atom stereocenters. The van der Waals surface area contributed by atoms with Crippen LogP contribution in [-0.2, 0) is 16.1 Å². The lowest BCUT2D eigenvalue weighted by atomic mass is 9.96. The number of anilines is 1. The Hall–Kier alpha value is -2.04. The van der Waals surface area contributed by atoms with E-state index in [9.17, 15) is 9.59 Å². The van der Waals surface area contributed by atoms with Crippen LogP contribution in [0.3, 0.4) is 0 Å². The van der Waals surface area contributed by atoms with Crippen LogP contribution < -0.4 is 10.2 Å². The summed E-state index contributed by atoms with van der Waals surface area (Å²) < 4.78 is 0. The summed E-state index contributed by atoms with van der Waals surface area (Å²) in [6, 6.07) is 8.41. The van der Waals surface area contributed by atoms with Crippen LogP contribution in [0.15, 0.2) is 24.3 Å². The molecule has 0 radical (unpaired) electrons. The third kappa shape index (κ3) is 2.80. The standard InChI is InChI=1S/C17H23N3O2/c1-12-10-19(2)15-6-4-3-5-14(15)11-20(12)17(22)13-7-8-16(21)18-9-13/h3-6,12-13H,7-11H2,1-2H3,(H,18,21)/t12-,13+/m1/s1. The number of hydrogen-bond acceptors (Lipinski definition) is 3. The fraction of sp³-hybridized carbons (Fsp3) is 0.529. The average Bonchev–Trinajstić information content (AvgIpc) is 2.64. The van der Waals surface area contributed by atoms with Crippen LogP contribution in [0, 0.1) is 5.92 Å². The average molecular weight is 301 g/mol. The molecule has 118 valence electrons. The second-order valence-corrected chi connectivity index (χ2v) is 6.36. The Bertz CT molecular complexity index is 577. The van der Waals surface area contributed by atoms with Gasteiger partial charge in [-0.2, -0.15) is 0 Å². The van der Waals surface area contributed by atoms with Crippen LogP contribution in [0.2, 0.25) is 0 Å². The molecule has 2 amide bonds. The van der Waals surface area contributed by atoms with E-state index in [-0.39, 0.29) is 23.8 Å². The quantitative estimate of drug-likeness (QED) is 0.852. The topological polar surface area (TPSA) is 52.7 Å². The Morgan fingerprint density at radius 3 is 2.82 bits per heavy atom. The molecule has 22 heavy (non-hydrogen) atoms. The van der Waals surface area contributed by atoms with Crippen molar-refractivity contribution in [2.45, 2.75) is 32.4 Å². The van der Waals surface area contributed by atoms with Gasteiger partial charge in [0.2, 0.25) is 11.8 Å². The third-order valence-electron chi connectivity index (χ3n) is 4.71. The van der Waals surface area contributed by atoms with Gasteiger partial charge in [-0.25, -0.2) is 0 Å². The summed E-state index contributed by atoms with van der Waals surface area (Å²) >= 11 is 0. The molecule has 0 bridgehead atoms. The molecular weight excluding hydrogens is 278 g/mol. The van der Waals surface area contributed by atoms with Gasteiger partial charge in [-0.1, -0.05) is 18.2 Å². The zero-order chi connectivity index (χ0) is 15.7. The lowest BCUT2D eigenvalue weighted by Gasteiger charge is -2.33. The van der Waals surface area contributed by atoms with Crippen molar-refractivity contribution in [3.05, 3.63) is 29.8 Å². The molecule has 1 aromatic rings. The second-order valence-electron chi connectivity index (χ2n) is 6.36. The number of para-hydroxylation sites is 1. The maximum atomic E-state index is 12.9. The Kier molecular flexibility index (Phi) is 4.05. The molecule has 5 heteroatoms. The van der Waals surface area contributed by atoms with E-state index in [4.69, 9.17) is 0 Å². The summed E-state index contributed by atoms with van der Waals surface area (Å²) in [4.78, 5) is 28.4. The Morgan fingerprint density at radius 1 is 1.32 bits per heavy atom. The molecule has 1 aromatic carbocycles. The number of benzene rings is 1. The predicted molar refractivity (Wildman–Crippen MR) is 85.5 cm³/mol. The highest BCUT2D eigenvalue weighted by Gasteiger charge is 2.33. The summed E-state index contributed by atoms with van der Waals surface area (Å²) in [5.74, 6) is 0.131. The van der Waals surface area contributed by atoms with Gasteiger partial charge in [0.1, 0.15) is 0 Å². The first kappa shape index (κ1) is 14.9. The maximum Gasteiger partial charge on any atom is 0.228 e. The second kappa shape index (κ2) is 5.99. The van der Waals surface area contributed by atoms with E-state index in [1.54, 1.807) is 0 Å². The predicted octanol–water partition coefficient (Wildman–Crippen LogP) is 1.38. The number of carbonyl (C=O) groups excluding carboxylic acids is 2. The Morgan fingerprint density at radius 2 is 2.09 bits per heavy atom. The number of likely N-dealkylation sites (N-methyl/N-ethyl adjacent to an activating group) is 1. The van der Waals surface area contributed by atoms with Gasteiger partial charge >= 0.3 is 0 Å². The summed E-state index contributed by atoms with van der Waals surface area (Å²) in [5, 5.41) is 2.81. The minimum atomic E-state index is -0.0873. The van der Waals surface area contributed by atoms with Crippen molar-refractivity contribution >= 4 is 17.5 Å². The number of nitrogens with zero attached hydrogens (tertiary/aromatic N) is 2. The van der Waals surface area contributed by atoms with Gasteiger partial charge < -0.3 is 15.1 Å². The van der Waals surface area contributed by atoms with Gasteiger partial charge in [-0.05, 0) is 25.0 Å². The first-order valence-electron chi connectivity index (χ1n) is 7.92. The van der Waals surface area contributed by atoms with Crippen LogP contribution in [0.5, 0.6) is 0 Å². The van der Waals surface area contributed by atoms with Gasteiger partial charge in [0, 0.05) is 44.8 Å². The highest BCUT2D eigenvalue weighted by Crippen LogP contribution is 2.27. The molecule has 3 rings (SSSR count). The smallest absolute Gasteiger partial charge is 0.228 e. The van der Waals surface area contributed by atoms with E-state index in [2.05, 4.69) is 36.3 Å². The van der Waals surface area contributed by atoms with Crippen LogP contribution in [0.1, 0.15) is 25.3 Å². The molecule has 5 nitrogen and oxygen atoms in total. The van der Waals surface area contributed by atoms with Crippen molar-refractivity contribution in [3.8, 4) is 0 Å². The molecule has 1 fully saturated rings. The van der Waals surface area contributed by atoms with Crippen LogP contribution in [0.4, 0.5) is 5.69 Å². The number of fused-ring (bicyclic) bond motifs is 1. The van der Waals surface area contributed by atoms with Crippen molar-refractivity contribution in [2.75, 3.05) is 25.0 Å². The number of piperidine rings is 1. The van der Waals surface area contributed by atoms with Crippen molar-refractivity contribution in [2.24, 2.45) is 5.92 Å². The first-order chi connectivity index (χ1) is 10.6. The van der Waals surface area contributed by atoms with Crippen molar-refractivity contribution in [1.29, 1.82) is 0 Å². The van der Waals surface area contributed by atoms with E-state index >= 15 is 0 Å². The minimum Gasteiger partial charge on any atom is -0.372 e. The number of carbonyl (C=O) groups is 2. The summed E-state index contributed by atoms with van der Waals surface area (Å²) in [6.07, 6.45) is 1.11. The van der Waals surface area contributed by atoms with E-state index < -0.39 is 0 Å². The van der Waals surface area contributed by atoms with E-state index in [1.165, 1.54) is 11.3 Å². The van der Waals surface area contributed by atoms with Gasteiger partial charge in [0.25, 0.3) is 0 Å². The largest absolute Gasteiger partial charge is 0.372 e. The third-order valence-corrected chi connectivity index (χ3v) is 4.71. The normalized spacial score (nSPS) is 25.3. The van der Waals surface area contributed by atoms with Gasteiger partial charge in [-0.3, -0.25) is 9.59 Å². The molecule has 0 saturated carbocycles. The monoisotopic (exact) mass is 301 g/mol. The van der Waals surface area contributed by atoms with Crippen LogP contribution in [0.25, 0.3) is 0 Å². The Balaban J connectivity index is 1.81. The van der Waals surface area contributed by atoms with Crippen LogP contribution >= 0.6 is 0 Å². The lowest BCUT2D eigenvalue weighted by molar-refractivity contribution is -0.139. The fourth-order valence-electron chi connectivity index (χ4n) is 3.42. The van der Waals surface area contributed by atoms with Gasteiger partial charge in [-0.15, -0.1) is 0 Å². The SMILES string of the molecule is C[C@@H]1CN(C)c2ccccc2CN1C(=O)[C@H]1CCC(=O)NC1. The summed E-state index contributed by atoms with van der Waals surface area (Å²) in [6.45, 7) is 4.03. The van der Waals surface area contributed by atoms with E-state index in [1.807, 2.05) is 17.0 Å². The molecule has 1 saturated heterocycles. The summed E-state index contributed by atoms with van der Waals surface area (Å²) in [5.41, 5.74) is 2.38. The maximum absolute atomic E-state index is 12.9. The Labute approximate surface area is 131 Å². The molecule has 2 atom stereocenters. The highest BCUT2D eigenvalue weighted by atomic mass is 16.2. The van der Waals surface area contributed by atoms with Gasteiger partial charge in [0.15, 0.2) is 0 Å².